The van der Waals surface area contributed by atoms with Gasteiger partial charge in [0.05, 0.1) is 0 Å². The highest BCUT2D eigenvalue weighted by atomic mass is 16.4. The molecule has 21 heavy (non-hydrogen) atoms. The minimum Gasteiger partial charge on any atom is -0.481 e. The van der Waals surface area contributed by atoms with Gasteiger partial charge in [0.25, 0.3) is 5.91 Å². The first kappa shape index (κ1) is 15.2. The van der Waals surface area contributed by atoms with Crippen LogP contribution in [0.3, 0.4) is 0 Å². The highest BCUT2D eigenvalue weighted by Gasteiger charge is 2.23. The van der Waals surface area contributed by atoms with Gasteiger partial charge in [0.2, 0.25) is 0 Å². The van der Waals surface area contributed by atoms with Crippen molar-refractivity contribution in [3.63, 3.8) is 0 Å². The van der Waals surface area contributed by atoms with Crippen LogP contribution in [0.1, 0.15) is 29.8 Å². The lowest BCUT2D eigenvalue weighted by Crippen LogP contribution is -2.37. The number of hydrogen-bond donors (Lipinski definition) is 1. The second kappa shape index (κ2) is 6.51. The fourth-order valence-corrected chi connectivity index (χ4v) is 2.52. The molecule has 1 atom stereocenters. The molecule has 1 fully saturated rings. The third-order valence-corrected chi connectivity index (χ3v) is 3.58. The van der Waals surface area contributed by atoms with Crippen LogP contribution >= 0.6 is 0 Å². The Morgan fingerprint density at radius 2 is 2.14 bits per heavy atom. The van der Waals surface area contributed by atoms with Crippen LogP contribution in [0.25, 0.3) is 0 Å². The van der Waals surface area contributed by atoms with Crippen LogP contribution in [0.2, 0.25) is 0 Å². The summed E-state index contributed by atoms with van der Waals surface area (Å²) in [5, 5.41) is 16.9. The predicted molar refractivity (Wildman–Crippen MR) is 77.2 cm³/mol. The fourth-order valence-electron chi connectivity index (χ4n) is 2.52. The second-order valence-electron chi connectivity index (χ2n) is 5.53. The van der Waals surface area contributed by atoms with Crippen molar-refractivity contribution in [3.8, 4) is 0 Å². The van der Waals surface area contributed by atoms with Crippen LogP contribution in [0.15, 0.2) is 12.1 Å². The minimum absolute atomic E-state index is 0.140. The summed E-state index contributed by atoms with van der Waals surface area (Å²) in [6, 6.07) is 3.43. The van der Waals surface area contributed by atoms with E-state index in [1.807, 2.05) is 4.90 Å². The topological polar surface area (TPSA) is 86.6 Å². The Hall–Kier alpha value is -2.18. The molecule has 1 amide bonds. The van der Waals surface area contributed by atoms with Crippen LogP contribution < -0.4 is 4.90 Å². The molecule has 2 rings (SSSR count). The van der Waals surface area contributed by atoms with E-state index in [0.29, 0.717) is 18.1 Å². The molecule has 0 spiro atoms. The van der Waals surface area contributed by atoms with E-state index in [4.69, 9.17) is 5.11 Å². The van der Waals surface area contributed by atoms with Crippen LogP contribution in [0, 0.1) is 5.92 Å². The molecule has 1 aliphatic rings. The second-order valence-corrected chi connectivity index (χ2v) is 5.53. The Bertz CT molecular complexity index is 515. The summed E-state index contributed by atoms with van der Waals surface area (Å²) in [5.74, 6) is -0.113. The lowest BCUT2D eigenvalue weighted by Gasteiger charge is -2.32. The number of rotatable bonds is 4. The molecule has 1 aromatic heterocycles. The summed E-state index contributed by atoms with van der Waals surface area (Å²) < 4.78 is 0. The molecular weight excluding hydrogens is 272 g/mol. The van der Waals surface area contributed by atoms with Gasteiger partial charge in [-0.3, -0.25) is 9.59 Å². The molecule has 2 heterocycles. The molecule has 7 nitrogen and oxygen atoms in total. The van der Waals surface area contributed by atoms with E-state index < -0.39 is 5.97 Å². The van der Waals surface area contributed by atoms with E-state index in [9.17, 15) is 9.59 Å². The highest BCUT2D eigenvalue weighted by molar-refractivity contribution is 5.91. The maximum Gasteiger partial charge on any atom is 0.303 e. The molecular formula is C14H20N4O3. The van der Waals surface area contributed by atoms with Crippen molar-refractivity contribution >= 4 is 17.7 Å². The van der Waals surface area contributed by atoms with E-state index >= 15 is 0 Å². The van der Waals surface area contributed by atoms with Gasteiger partial charge in [-0.2, -0.15) is 0 Å². The Morgan fingerprint density at radius 3 is 2.71 bits per heavy atom. The molecule has 114 valence electrons. The largest absolute Gasteiger partial charge is 0.481 e. The van der Waals surface area contributed by atoms with Crippen molar-refractivity contribution in [2.24, 2.45) is 5.92 Å². The summed E-state index contributed by atoms with van der Waals surface area (Å²) >= 11 is 0. The number of amides is 1. The Morgan fingerprint density at radius 1 is 1.38 bits per heavy atom. The molecule has 1 saturated heterocycles. The van der Waals surface area contributed by atoms with Crippen LogP contribution in [-0.4, -0.2) is 59.3 Å². The van der Waals surface area contributed by atoms with Gasteiger partial charge in [-0.1, -0.05) is 0 Å². The lowest BCUT2D eigenvalue weighted by molar-refractivity contribution is -0.138. The maximum atomic E-state index is 11.7. The van der Waals surface area contributed by atoms with Crippen LogP contribution in [-0.2, 0) is 4.79 Å². The number of anilines is 1. The molecule has 0 aliphatic carbocycles. The number of aromatic nitrogens is 2. The van der Waals surface area contributed by atoms with Crippen molar-refractivity contribution in [3.05, 3.63) is 17.8 Å². The molecule has 1 N–H and O–H groups in total. The number of hydrogen-bond acceptors (Lipinski definition) is 5. The Kier molecular flexibility index (Phi) is 4.72. The predicted octanol–water partition coefficient (Wildman–Crippen LogP) is 0.869. The van der Waals surface area contributed by atoms with Gasteiger partial charge in [-0.25, -0.2) is 0 Å². The number of carbonyl (C=O) groups is 2. The summed E-state index contributed by atoms with van der Waals surface area (Å²) in [4.78, 5) is 26.0. The fraction of sp³-hybridized carbons (Fsp3) is 0.571. The number of piperidine rings is 1. The van der Waals surface area contributed by atoms with Crippen LogP contribution in [0.4, 0.5) is 5.82 Å². The zero-order valence-electron chi connectivity index (χ0n) is 12.3. The third-order valence-electron chi connectivity index (χ3n) is 3.58. The average molecular weight is 292 g/mol. The van der Waals surface area contributed by atoms with Crippen molar-refractivity contribution in [1.29, 1.82) is 0 Å². The molecule has 0 saturated carbocycles. The molecule has 7 heteroatoms. The smallest absolute Gasteiger partial charge is 0.303 e. The molecule has 1 aromatic rings. The average Bonchev–Trinajstić information content (AvgIpc) is 2.46. The van der Waals surface area contributed by atoms with Crippen molar-refractivity contribution in [2.45, 2.75) is 19.3 Å². The van der Waals surface area contributed by atoms with Gasteiger partial charge in [0.1, 0.15) is 0 Å². The summed E-state index contributed by atoms with van der Waals surface area (Å²) in [6.45, 7) is 1.51. The first-order chi connectivity index (χ1) is 9.97. The molecule has 0 aromatic carbocycles. The first-order valence-electron chi connectivity index (χ1n) is 6.99. The molecule has 1 aliphatic heterocycles. The van der Waals surface area contributed by atoms with E-state index in [-0.39, 0.29) is 18.2 Å². The highest BCUT2D eigenvalue weighted by Crippen LogP contribution is 2.23. The summed E-state index contributed by atoms with van der Waals surface area (Å²) in [6.07, 6.45) is 2.05. The number of carboxylic acids is 1. The first-order valence-corrected chi connectivity index (χ1v) is 6.99. The zero-order chi connectivity index (χ0) is 15.4. The maximum absolute atomic E-state index is 11.7. The number of nitrogens with zero attached hydrogens (tertiary/aromatic N) is 4. The van der Waals surface area contributed by atoms with Crippen molar-refractivity contribution in [1.82, 2.24) is 15.1 Å². The standard InChI is InChI=1S/C14H20N4O3/c1-17(2)14(21)11-5-6-12(16-15-11)18-7-3-4-10(9-18)8-13(19)20/h5-6,10H,3-4,7-9H2,1-2H3,(H,19,20). The quantitative estimate of drug-likeness (QED) is 0.886. The van der Waals surface area contributed by atoms with E-state index in [2.05, 4.69) is 10.2 Å². The number of carbonyl (C=O) groups excluding carboxylic acids is 1. The number of aliphatic carboxylic acids is 1. The van der Waals surface area contributed by atoms with Crippen molar-refractivity contribution in [2.75, 3.05) is 32.1 Å². The third kappa shape index (κ3) is 3.90. The Balaban J connectivity index is 2.04. The summed E-state index contributed by atoms with van der Waals surface area (Å²) in [5.41, 5.74) is 0.308. The van der Waals surface area contributed by atoms with Gasteiger partial charge >= 0.3 is 5.97 Å². The molecule has 0 bridgehead atoms. The van der Waals surface area contributed by atoms with Gasteiger partial charge < -0.3 is 14.9 Å². The van der Waals surface area contributed by atoms with E-state index in [0.717, 1.165) is 19.4 Å². The normalized spacial score (nSPS) is 18.4. The van der Waals surface area contributed by atoms with E-state index in [1.54, 1.807) is 26.2 Å². The molecule has 1 unspecified atom stereocenters. The lowest BCUT2D eigenvalue weighted by atomic mass is 9.95. The summed E-state index contributed by atoms with van der Waals surface area (Å²) in [7, 11) is 3.33. The van der Waals surface area contributed by atoms with Gasteiger partial charge in [-0.05, 0) is 30.9 Å². The SMILES string of the molecule is CN(C)C(=O)c1ccc(N2CCCC(CC(=O)O)C2)nn1. The Labute approximate surface area is 123 Å². The monoisotopic (exact) mass is 292 g/mol. The van der Waals surface area contributed by atoms with Gasteiger partial charge in [0.15, 0.2) is 11.5 Å². The zero-order valence-corrected chi connectivity index (χ0v) is 12.3. The van der Waals surface area contributed by atoms with Crippen LogP contribution in [0.5, 0.6) is 0 Å². The van der Waals surface area contributed by atoms with Crippen molar-refractivity contribution < 1.29 is 14.7 Å². The number of carboxylic acid groups (broad SMARTS) is 1. The minimum atomic E-state index is -0.764. The van der Waals surface area contributed by atoms with Gasteiger partial charge in [0, 0.05) is 33.6 Å². The molecule has 0 radical (unpaired) electrons. The van der Waals surface area contributed by atoms with E-state index in [1.165, 1.54) is 4.90 Å². The van der Waals surface area contributed by atoms with Gasteiger partial charge in [-0.15, -0.1) is 10.2 Å².